The number of amides is 1. The van der Waals surface area contributed by atoms with Crippen LogP contribution in [-0.4, -0.2) is 25.0 Å². The predicted molar refractivity (Wildman–Crippen MR) is 84.6 cm³/mol. The Morgan fingerprint density at radius 1 is 1.09 bits per heavy atom. The summed E-state index contributed by atoms with van der Waals surface area (Å²) in [5.74, 6) is 0.999. The smallest absolute Gasteiger partial charge is 0.258 e. The Hall–Kier alpha value is -2.53. The zero-order chi connectivity index (χ0) is 16.0. The van der Waals surface area contributed by atoms with Crippen molar-refractivity contribution in [3.63, 3.8) is 0 Å². The summed E-state index contributed by atoms with van der Waals surface area (Å²) in [4.78, 5) is 26.5. The van der Waals surface area contributed by atoms with Crippen LogP contribution in [0.3, 0.4) is 0 Å². The number of carbonyl (C=O) groups is 2. The van der Waals surface area contributed by atoms with Gasteiger partial charge in [0.25, 0.3) is 5.91 Å². The van der Waals surface area contributed by atoms with E-state index in [1.54, 1.807) is 41.3 Å². The van der Waals surface area contributed by atoms with E-state index in [1.807, 2.05) is 0 Å². The molecule has 2 aromatic carbocycles. The van der Waals surface area contributed by atoms with Gasteiger partial charge in [-0.25, -0.2) is 0 Å². The van der Waals surface area contributed by atoms with Crippen LogP contribution in [0.5, 0.6) is 11.5 Å². The molecule has 5 nitrogen and oxygen atoms in total. The van der Waals surface area contributed by atoms with Gasteiger partial charge in [-0.1, -0.05) is 11.6 Å². The molecule has 2 aliphatic rings. The molecule has 2 aliphatic heterocycles. The molecule has 0 spiro atoms. The van der Waals surface area contributed by atoms with Crippen molar-refractivity contribution in [1.29, 1.82) is 0 Å². The molecule has 2 aromatic rings. The van der Waals surface area contributed by atoms with E-state index in [-0.39, 0.29) is 24.9 Å². The van der Waals surface area contributed by atoms with Crippen molar-refractivity contribution in [3.05, 3.63) is 52.5 Å². The number of halogens is 1. The molecule has 0 atom stereocenters. The lowest BCUT2D eigenvalue weighted by atomic mass is 9.99. The summed E-state index contributed by atoms with van der Waals surface area (Å²) in [6, 6.07) is 10.1. The number of hydrogen-bond donors (Lipinski definition) is 0. The van der Waals surface area contributed by atoms with Gasteiger partial charge in [0.1, 0.15) is 0 Å². The van der Waals surface area contributed by atoms with Crippen LogP contribution >= 0.6 is 11.6 Å². The second-order valence-electron chi connectivity index (χ2n) is 5.36. The predicted octanol–water partition coefficient (Wildman–Crippen LogP) is 3.30. The molecule has 0 bridgehead atoms. The topological polar surface area (TPSA) is 55.8 Å². The molecule has 23 heavy (non-hydrogen) atoms. The largest absolute Gasteiger partial charge is 0.454 e. The van der Waals surface area contributed by atoms with Crippen LogP contribution in [0.25, 0.3) is 0 Å². The third-order valence-electron chi connectivity index (χ3n) is 3.98. The van der Waals surface area contributed by atoms with E-state index in [1.165, 1.54) is 0 Å². The van der Waals surface area contributed by atoms with Crippen LogP contribution < -0.4 is 14.4 Å². The maximum absolute atomic E-state index is 12.8. The molecule has 6 heteroatoms. The van der Waals surface area contributed by atoms with Gasteiger partial charge in [0.05, 0.1) is 5.69 Å². The number of anilines is 1. The molecule has 0 aromatic heterocycles. The minimum absolute atomic E-state index is 0.00256. The van der Waals surface area contributed by atoms with Gasteiger partial charge in [-0.05, 0) is 36.4 Å². The zero-order valence-electron chi connectivity index (χ0n) is 12.0. The fraction of sp³-hybridized carbons (Fsp3) is 0.176. The molecule has 0 radical (unpaired) electrons. The summed E-state index contributed by atoms with van der Waals surface area (Å²) in [6.45, 7) is 0.507. The van der Waals surface area contributed by atoms with Crippen molar-refractivity contribution in [1.82, 2.24) is 0 Å². The van der Waals surface area contributed by atoms with Gasteiger partial charge in [0.15, 0.2) is 17.3 Å². The van der Waals surface area contributed by atoms with Crippen LogP contribution in [0.1, 0.15) is 27.1 Å². The molecule has 0 saturated carbocycles. The van der Waals surface area contributed by atoms with Gasteiger partial charge in [-0.3, -0.25) is 9.59 Å². The Balaban J connectivity index is 1.72. The van der Waals surface area contributed by atoms with Gasteiger partial charge >= 0.3 is 0 Å². The Kier molecular flexibility index (Phi) is 3.23. The molecule has 0 unspecified atom stereocenters. The second kappa shape index (κ2) is 5.28. The van der Waals surface area contributed by atoms with E-state index < -0.39 is 0 Å². The quantitative estimate of drug-likeness (QED) is 0.805. The lowest BCUT2D eigenvalue weighted by Gasteiger charge is -2.29. The van der Waals surface area contributed by atoms with Crippen LogP contribution in [0.2, 0.25) is 5.02 Å². The first-order valence-corrected chi connectivity index (χ1v) is 7.55. The zero-order valence-corrected chi connectivity index (χ0v) is 12.8. The summed E-state index contributed by atoms with van der Waals surface area (Å²) in [5.41, 5.74) is 1.57. The Morgan fingerprint density at radius 2 is 1.91 bits per heavy atom. The third-order valence-corrected chi connectivity index (χ3v) is 4.21. The Morgan fingerprint density at radius 3 is 2.78 bits per heavy atom. The Labute approximate surface area is 137 Å². The van der Waals surface area contributed by atoms with Crippen LogP contribution in [0, 0.1) is 0 Å². The van der Waals surface area contributed by atoms with Crippen molar-refractivity contribution in [3.8, 4) is 11.5 Å². The van der Waals surface area contributed by atoms with Crippen LogP contribution in [-0.2, 0) is 0 Å². The molecular formula is C17H12ClNO4. The molecule has 0 aliphatic carbocycles. The molecular weight excluding hydrogens is 318 g/mol. The third kappa shape index (κ3) is 2.33. The van der Waals surface area contributed by atoms with Gasteiger partial charge in [0, 0.05) is 29.1 Å². The molecule has 4 rings (SSSR count). The van der Waals surface area contributed by atoms with Crippen LogP contribution in [0.15, 0.2) is 36.4 Å². The van der Waals surface area contributed by atoms with Gasteiger partial charge in [-0.2, -0.15) is 0 Å². The number of nitrogens with zero attached hydrogens (tertiary/aromatic N) is 1. The summed E-state index contributed by atoms with van der Waals surface area (Å²) >= 11 is 5.96. The van der Waals surface area contributed by atoms with E-state index in [0.717, 1.165) is 0 Å². The van der Waals surface area contributed by atoms with Crippen molar-refractivity contribution in [2.45, 2.75) is 6.42 Å². The number of rotatable bonds is 1. The first kappa shape index (κ1) is 14.1. The van der Waals surface area contributed by atoms with Crippen molar-refractivity contribution in [2.75, 3.05) is 18.2 Å². The lowest BCUT2D eigenvalue weighted by molar-refractivity contribution is 0.0955. The number of hydrogen-bond acceptors (Lipinski definition) is 4. The fourth-order valence-electron chi connectivity index (χ4n) is 2.83. The summed E-state index contributed by atoms with van der Waals surface area (Å²) < 4.78 is 10.6. The SMILES string of the molecule is O=C1CCN(C(=O)c2ccc3c(c2)OCO3)c2ccc(Cl)cc21. The average molecular weight is 330 g/mol. The summed E-state index contributed by atoms with van der Waals surface area (Å²) in [5, 5.41) is 0.481. The van der Waals surface area contributed by atoms with Gasteiger partial charge in [0.2, 0.25) is 6.79 Å². The summed E-state index contributed by atoms with van der Waals surface area (Å²) in [7, 11) is 0. The molecule has 0 fully saturated rings. The minimum Gasteiger partial charge on any atom is -0.454 e. The first-order chi connectivity index (χ1) is 11.1. The minimum atomic E-state index is -0.181. The molecule has 1 amide bonds. The molecule has 0 N–H and O–H groups in total. The number of benzene rings is 2. The summed E-state index contributed by atoms with van der Waals surface area (Å²) in [6.07, 6.45) is 0.281. The van der Waals surface area contributed by atoms with E-state index in [4.69, 9.17) is 21.1 Å². The molecule has 0 saturated heterocycles. The maximum atomic E-state index is 12.8. The van der Waals surface area contributed by atoms with Crippen LogP contribution in [0.4, 0.5) is 5.69 Å². The van der Waals surface area contributed by atoms with Crippen molar-refractivity contribution < 1.29 is 19.1 Å². The standard InChI is InChI=1S/C17H12ClNO4/c18-11-2-3-13-12(8-11)14(20)5-6-19(13)17(21)10-1-4-15-16(7-10)23-9-22-15/h1-4,7-8H,5-6,9H2. The number of ether oxygens (including phenoxy) is 2. The number of ketones is 1. The number of carbonyl (C=O) groups excluding carboxylic acids is 2. The maximum Gasteiger partial charge on any atom is 0.258 e. The highest BCUT2D eigenvalue weighted by Crippen LogP contribution is 2.35. The highest BCUT2D eigenvalue weighted by Gasteiger charge is 2.29. The molecule has 116 valence electrons. The monoisotopic (exact) mass is 329 g/mol. The van der Waals surface area contributed by atoms with Crippen molar-refractivity contribution in [2.24, 2.45) is 0 Å². The normalized spacial score (nSPS) is 15.5. The fourth-order valence-corrected chi connectivity index (χ4v) is 3.00. The highest BCUT2D eigenvalue weighted by atomic mass is 35.5. The van der Waals surface area contributed by atoms with E-state index in [0.29, 0.717) is 39.9 Å². The highest BCUT2D eigenvalue weighted by molar-refractivity contribution is 6.31. The van der Waals surface area contributed by atoms with Gasteiger partial charge < -0.3 is 14.4 Å². The van der Waals surface area contributed by atoms with Gasteiger partial charge in [-0.15, -0.1) is 0 Å². The lowest BCUT2D eigenvalue weighted by Crippen LogP contribution is -2.37. The van der Waals surface area contributed by atoms with E-state index >= 15 is 0 Å². The Bertz CT molecular complexity index is 833. The van der Waals surface area contributed by atoms with Crippen molar-refractivity contribution >= 4 is 29.0 Å². The second-order valence-corrected chi connectivity index (χ2v) is 5.80. The number of Topliss-reactive ketones (excluding diaryl/α,β-unsaturated/α-hetero) is 1. The number of fused-ring (bicyclic) bond motifs is 2. The average Bonchev–Trinajstić information content (AvgIpc) is 3.02. The van der Waals surface area contributed by atoms with E-state index in [2.05, 4.69) is 0 Å². The molecule has 2 heterocycles. The first-order valence-electron chi connectivity index (χ1n) is 7.18. The van der Waals surface area contributed by atoms with E-state index in [9.17, 15) is 9.59 Å².